The number of fused-ring (bicyclic) bond motifs is 2. The molecule has 0 spiro atoms. The second kappa shape index (κ2) is 13.9. The van der Waals surface area contributed by atoms with Crippen LogP contribution in [0.2, 0.25) is 0 Å². The highest BCUT2D eigenvalue weighted by atomic mass is 32.2. The highest BCUT2D eigenvalue weighted by molar-refractivity contribution is 7.85. The van der Waals surface area contributed by atoms with E-state index in [1.165, 1.54) is 12.1 Å². The highest BCUT2D eigenvalue weighted by Gasteiger charge is 2.21. The van der Waals surface area contributed by atoms with Gasteiger partial charge in [0.25, 0.3) is 21.9 Å². The normalized spacial score (nSPS) is 12.9. The summed E-state index contributed by atoms with van der Waals surface area (Å²) < 4.78 is 36.9. The van der Waals surface area contributed by atoms with Gasteiger partial charge in [-0.05, 0) is 59.4 Å². The summed E-state index contributed by atoms with van der Waals surface area (Å²) in [5.41, 5.74) is 1.88. The molecule has 0 radical (unpaired) electrons. The van der Waals surface area contributed by atoms with E-state index >= 15 is 0 Å². The molecule has 3 N–H and O–H groups in total. The molecule has 0 aliphatic heterocycles. The molecule has 5 aromatic rings. The van der Waals surface area contributed by atoms with E-state index in [9.17, 15) is 18.0 Å². The van der Waals surface area contributed by atoms with Gasteiger partial charge in [-0.1, -0.05) is 84.9 Å². The van der Waals surface area contributed by atoms with Crippen molar-refractivity contribution in [1.29, 1.82) is 0 Å². The van der Waals surface area contributed by atoms with E-state index in [1.54, 1.807) is 0 Å². The van der Waals surface area contributed by atoms with Crippen LogP contribution in [-0.4, -0.2) is 42.1 Å². The summed E-state index contributed by atoms with van der Waals surface area (Å²) in [6.07, 6.45) is 0.525. The fourth-order valence-corrected chi connectivity index (χ4v) is 5.92. The van der Waals surface area contributed by atoms with Gasteiger partial charge in [-0.25, -0.2) is 4.98 Å². The van der Waals surface area contributed by atoms with Crippen molar-refractivity contribution >= 4 is 43.5 Å². The average Bonchev–Trinajstić information content (AvgIpc) is 3.03. The molecule has 4 aromatic carbocycles. The number of nitrogens with zero attached hydrogens (tertiary/aromatic N) is 1. The van der Waals surface area contributed by atoms with Crippen molar-refractivity contribution in [3.63, 3.8) is 0 Å². The van der Waals surface area contributed by atoms with Crippen molar-refractivity contribution in [2.45, 2.75) is 38.8 Å². The minimum Gasteiger partial charge on any atom is -0.493 e. The van der Waals surface area contributed by atoms with E-state index in [0.717, 1.165) is 32.7 Å². The summed E-state index contributed by atoms with van der Waals surface area (Å²) in [7, 11) is -4.07. The molecule has 0 saturated carbocycles. The Morgan fingerprint density at radius 3 is 1.69 bits per heavy atom. The van der Waals surface area contributed by atoms with Crippen molar-refractivity contribution in [1.82, 2.24) is 15.6 Å². The van der Waals surface area contributed by atoms with Gasteiger partial charge in [0.05, 0.1) is 24.4 Å². The average molecular weight is 626 g/mol. The third kappa shape index (κ3) is 8.03. The fraction of sp³-hybridized carbons (Fsp3) is 0.229. The standard InChI is InChI=1S/C35H35N3O6S/c1-23(28-17-9-13-25-11-3-5-15-30(25)28)36-34(39)32-21-27(44-19-7-8-20-45(41,42)43)22-33(38-32)35(40)37-24(2)29-18-10-14-26-12-4-6-16-31(26)29/h3-6,9-18,21-24H,7-8,19-20H2,1-2H3,(H,36,39)(H,37,40)(H,41,42,43)/t23-,24-/m1/s1. The summed E-state index contributed by atoms with van der Waals surface area (Å²) in [6, 6.07) is 29.8. The first-order valence-corrected chi connectivity index (χ1v) is 16.4. The highest BCUT2D eigenvalue weighted by Crippen LogP contribution is 2.26. The van der Waals surface area contributed by atoms with Crippen LogP contribution in [0.4, 0.5) is 0 Å². The van der Waals surface area contributed by atoms with Gasteiger partial charge in [0.1, 0.15) is 17.1 Å². The Labute approximate surface area is 262 Å². The number of carbonyl (C=O) groups excluding carboxylic acids is 2. The Morgan fingerprint density at radius 1 is 0.733 bits per heavy atom. The van der Waals surface area contributed by atoms with Gasteiger partial charge in [-0.15, -0.1) is 0 Å². The predicted octanol–water partition coefficient (Wildman–Crippen LogP) is 6.42. The van der Waals surface area contributed by atoms with E-state index in [-0.39, 0.29) is 48.0 Å². The monoisotopic (exact) mass is 625 g/mol. The zero-order valence-electron chi connectivity index (χ0n) is 25.1. The second-order valence-electron chi connectivity index (χ2n) is 10.9. The summed E-state index contributed by atoms with van der Waals surface area (Å²) >= 11 is 0. The zero-order chi connectivity index (χ0) is 32.0. The first kappa shape index (κ1) is 31.6. The zero-order valence-corrected chi connectivity index (χ0v) is 25.9. The van der Waals surface area contributed by atoms with Crippen molar-refractivity contribution in [3.8, 4) is 5.75 Å². The van der Waals surface area contributed by atoms with Gasteiger partial charge < -0.3 is 15.4 Å². The number of rotatable bonds is 12. The molecule has 0 fully saturated rings. The lowest BCUT2D eigenvalue weighted by Crippen LogP contribution is -2.30. The minimum absolute atomic E-state index is 0.000451. The maximum Gasteiger partial charge on any atom is 0.270 e. The third-order valence-corrected chi connectivity index (χ3v) is 8.41. The fourth-order valence-electron chi connectivity index (χ4n) is 5.35. The SMILES string of the molecule is C[C@@H](NC(=O)c1cc(OCCCCS(=O)(=O)O)cc(C(=O)N[C@H](C)c2cccc3ccccc23)n1)c1cccc2ccccc12. The number of aromatic nitrogens is 1. The van der Waals surface area contributed by atoms with Crippen molar-refractivity contribution < 1.29 is 27.3 Å². The Morgan fingerprint density at radius 2 is 1.20 bits per heavy atom. The molecule has 10 heteroatoms. The number of hydrogen-bond acceptors (Lipinski definition) is 6. The molecule has 0 bridgehead atoms. The largest absolute Gasteiger partial charge is 0.493 e. The molecule has 0 aliphatic rings. The molecule has 2 atom stereocenters. The number of unbranched alkanes of at least 4 members (excludes halogenated alkanes) is 1. The molecule has 0 saturated heterocycles. The Bertz CT molecular complexity index is 1830. The van der Waals surface area contributed by atoms with Gasteiger partial charge in [-0.3, -0.25) is 14.1 Å². The van der Waals surface area contributed by atoms with Crippen LogP contribution < -0.4 is 15.4 Å². The first-order chi connectivity index (χ1) is 21.6. The number of benzene rings is 4. The van der Waals surface area contributed by atoms with Crippen LogP contribution in [0, 0.1) is 0 Å². The number of pyridine rings is 1. The van der Waals surface area contributed by atoms with Crippen molar-refractivity contribution in [3.05, 3.63) is 120 Å². The topological polar surface area (TPSA) is 135 Å². The molecule has 1 aromatic heterocycles. The molecule has 2 amide bonds. The minimum atomic E-state index is -4.07. The predicted molar refractivity (Wildman–Crippen MR) is 175 cm³/mol. The van der Waals surface area contributed by atoms with E-state index in [2.05, 4.69) is 15.6 Å². The number of hydrogen-bond donors (Lipinski definition) is 3. The third-order valence-electron chi connectivity index (χ3n) is 7.60. The summed E-state index contributed by atoms with van der Waals surface area (Å²) in [4.78, 5) is 31.4. The molecule has 45 heavy (non-hydrogen) atoms. The van der Waals surface area contributed by atoms with Gasteiger partial charge >= 0.3 is 0 Å². The first-order valence-electron chi connectivity index (χ1n) is 14.8. The van der Waals surface area contributed by atoms with Gasteiger partial charge in [0.15, 0.2) is 0 Å². The van der Waals surface area contributed by atoms with Crippen LogP contribution in [0.3, 0.4) is 0 Å². The Kier molecular flexibility index (Phi) is 9.75. The van der Waals surface area contributed by atoms with E-state index in [4.69, 9.17) is 9.29 Å². The molecule has 0 aliphatic carbocycles. The summed E-state index contributed by atoms with van der Waals surface area (Å²) in [5, 5.41) is 10.1. The van der Waals surface area contributed by atoms with E-state index in [0.29, 0.717) is 6.42 Å². The number of ether oxygens (including phenoxy) is 1. The molecular weight excluding hydrogens is 590 g/mol. The van der Waals surface area contributed by atoms with Crippen LogP contribution in [0.25, 0.3) is 21.5 Å². The summed E-state index contributed by atoms with van der Waals surface area (Å²) in [6.45, 7) is 3.88. The maximum absolute atomic E-state index is 13.5. The van der Waals surface area contributed by atoms with E-state index < -0.39 is 21.9 Å². The molecule has 232 valence electrons. The van der Waals surface area contributed by atoms with Crippen LogP contribution in [-0.2, 0) is 10.1 Å². The van der Waals surface area contributed by atoms with Crippen LogP contribution >= 0.6 is 0 Å². The summed E-state index contributed by atoms with van der Waals surface area (Å²) in [5.74, 6) is -1.11. The lowest BCUT2D eigenvalue weighted by molar-refractivity contribution is 0.0929. The Balaban J connectivity index is 1.38. The number of nitrogens with one attached hydrogen (secondary N) is 2. The van der Waals surface area contributed by atoms with Crippen molar-refractivity contribution in [2.24, 2.45) is 0 Å². The number of amides is 2. The van der Waals surface area contributed by atoms with Gasteiger partial charge in [-0.2, -0.15) is 8.42 Å². The molecule has 9 nitrogen and oxygen atoms in total. The smallest absolute Gasteiger partial charge is 0.270 e. The lowest BCUT2D eigenvalue weighted by Gasteiger charge is -2.18. The lowest BCUT2D eigenvalue weighted by atomic mass is 9.99. The van der Waals surface area contributed by atoms with Crippen LogP contribution in [0.15, 0.2) is 97.1 Å². The van der Waals surface area contributed by atoms with Gasteiger partial charge in [0, 0.05) is 12.1 Å². The molecule has 0 unspecified atom stereocenters. The maximum atomic E-state index is 13.5. The molecule has 1 heterocycles. The second-order valence-corrected chi connectivity index (χ2v) is 12.5. The van der Waals surface area contributed by atoms with Crippen molar-refractivity contribution in [2.75, 3.05) is 12.4 Å². The quantitative estimate of drug-likeness (QED) is 0.108. The van der Waals surface area contributed by atoms with Gasteiger partial charge in [0.2, 0.25) is 0 Å². The van der Waals surface area contributed by atoms with Crippen LogP contribution in [0.5, 0.6) is 5.75 Å². The molecule has 5 rings (SSSR count). The van der Waals surface area contributed by atoms with E-state index in [1.807, 2.05) is 98.8 Å². The number of carbonyl (C=O) groups is 2. The molecular formula is C35H35N3O6S. The Hall–Kier alpha value is -4.80. The van der Waals surface area contributed by atoms with Crippen LogP contribution in [0.1, 0.15) is 70.9 Å².